The van der Waals surface area contributed by atoms with E-state index in [9.17, 15) is 0 Å². The monoisotopic (exact) mass is 423 g/mol. The fourth-order valence-electron chi connectivity index (χ4n) is 3.49. The minimum Gasteiger partial charge on any atom is -0.480 e. The van der Waals surface area contributed by atoms with Gasteiger partial charge in [0.15, 0.2) is 5.82 Å². The standard InChI is InChI=1S/C22H29N7O2/c1-22(2,3)13-25-19-18-14(7-8-24-19)17(27-21(23)28-18)15-5-6-16(26-20(15)30-4)29-9-11-31-12-10-29/h5-8H,9-13H2,1-4H3,(H,24,25)(H2,23,27,28). The minimum absolute atomic E-state index is 0.0910. The smallest absolute Gasteiger partial charge is 0.224 e. The molecule has 9 heteroatoms. The Morgan fingerprint density at radius 2 is 1.90 bits per heavy atom. The molecule has 1 saturated heterocycles. The van der Waals surface area contributed by atoms with E-state index in [1.807, 2.05) is 18.2 Å². The van der Waals surface area contributed by atoms with E-state index in [1.165, 1.54) is 0 Å². The normalized spacial score (nSPS) is 14.6. The van der Waals surface area contributed by atoms with Crippen LogP contribution < -0.4 is 20.7 Å². The number of hydrogen-bond acceptors (Lipinski definition) is 9. The summed E-state index contributed by atoms with van der Waals surface area (Å²) < 4.78 is 11.1. The lowest BCUT2D eigenvalue weighted by Gasteiger charge is -2.28. The summed E-state index contributed by atoms with van der Waals surface area (Å²) in [5.74, 6) is 2.20. The highest BCUT2D eigenvalue weighted by Crippen LogP contribution is 2.35. The molecule has 31 heavy (non-hydrogen) atoms. The van der Waals surface area contributed by atoms with Gasteiger partial charge in [-0.1, -0.05) is 20.8 Å². The van der Waals surface area contributed by atoms with Gasteiger partial charge in [-0.05, 0) is 23.6 Å². The summed E-state index contributed by atoms with van der Waals surface area (Å²) >= 11 is 0. The Bertz CT molecular complexity index is 1080. The van der Waals surface area contributed by atoms with E-state index in [0.717, 1.165) is 36.4 Å². The number of anilines is 3. The van der Waals surface area contributed by atoms with Gasteiger partial charge in [-0.25, -0.2) is 15.0 Å². The number of rotatable bonds is 5. The SMILES string of the molecule is COc1nc(N2CCOCC2)ccc1-c1nc(N)nc2c(NCC(C)(C)C)nccc12. The van der Waals surface area contributed by atoms with Crippen LogP contribution in [-0.2, 0) is 4.74 Å². The van der Waals surface area contributed by atoms with E-state index in [4.69, 9.17) is 20.2 Å². The number of hydrogen-bond donors (Lipinski definition) is 2. The second kappa shape index (κ2) is 8.50. The third-order valence-corrected chi connectivity index (χ3v) is 5.05. The van der Waals surface area contributed by atoms with Gasteiger partial charge in [0.05, 0.1) is 31.6 Å². The number of nitrogen functional groups attached to an aromatic ring is 1. The quantitative estimate of drug-likeness (QED) is 0.639. The van der Waals surface area contributed by atoms with Gasteiger partial charge in [-0.2, -0.15) is 4.98 Å². The molecule has 3 aromatic heterocycles. The van der Waals surface area contributed by atoms with Crippen LogP contribution in [0, 0.1) is 5.41 Å². The third-order valence-electron chi connectivity index (χ3n) is 5.05. The summed E-state index contributed by atoms with van der Waals surface area (Å²) in [5, 5.41) is 4.23. The van der Waals surface area contributed by atoms with Gasteiger partial charge in [0.25, 0.3) is 0 Å². The fourth-order valence-corrected chi connectivity index (χ4v) is 3.49. The molecule has 0 atom stereocenters. The number of aromatic nitrogens is 4. The Hall–Kier alpha value is -3.20. The zero-order chi connectivity index (χ0) is 22.0. The summed E-state index contributed by atoms with van der Waals surface area (Å²) in [4.78, 5) is 20.4. The molecule has 0 bridgehead atoms. The Labute approximate surface area is 182 Å². The van der Waals surface area contributed by atoms with Crippen molar-refractivity contribution >= 4 is 28.5 Å². The lowest BCUT2D eigenvalue weighted by molar-refractivity contribution is 0.122. The Balaban J connectivity index is 1.78. The van der Waals surface area contributed by atoms with Gasteiger partial charge in [-0.3, -0.25) is 0 Å². The van der Waals surface area contributed by atoms with Crippen LogP contribution in [0.4, 0.5) is 17.6 Å². The predicted octanol–water partition coefficient (Wildman–Crippen LogP) is 2.97. The molecule has 164 valence electrons. The molecule has 0 saturated carbocycles. The van der Waals surface area contributed by atoms with Gasteiger partial charge in [0.2, 0.25) is 11.8 Å². The zero-order valence-electron chi connectivity index (χ0n) is 18.5. The van der Waals surface area contributed by atoms with Crippen molar-refractivity contribution in [1.29, 1.82) is 0 Å². The van der Waals surface area contributed by atoms with Gasteiger partial charge in [0.1, 0.15) is 11.3 Å². The fraction of sp³-hybridized carbons (Fsp3) is 0.455. The average molecular weight is 424 g/mol. The van der Waals surface area contributed by atoms with Crippen molar-refractivity contribution in [3.63, 3.8) is 0 Å². The number of morpholine rings is 1. The topological polar surface area (TPSA) is 111 Å². The van der Waals surface area contributed by atoms with E-state index in [1.54, 1.807) is 13.3 Å². The highest BCUT2D eigenvalue weighted by Gasteiger charge is 2.20. The predicted molar refractivity (Wildman–Crippen MR) is 123 cm³/mol. The molecule has 4 rings (SSSR count). The highest BCUT2D eigenvalue weighted by molar-refractivity contribution is 5.99. The maximum Gasteiger partial charge on any atom is 0.224 e. The van der Waals surface area contributed by atoms with Crippen molar-refractivity contribution < 1.29 is 9.47 Å². The molecule has 1 aliphatic rings. The molecule has 3 N–H and O–H groups in total. The Morgan fingerprint density at radius 1 is 1.13 bits per heavy atom. The van der Waals surface area contributed by atoms with Crippen LogP contribution in [0.5, 0.6) is 5.88 Å². The highest BCUT2D eigenvalue weighted by atomic mass is 16.5. The van der Waals surface area contributed by atoms with E-state index in [-0.39, 0.29) is 11.4 Å². The van der Waals surface area contributed by atoms with Crippen LogP contribution in [0.25, 0.3) is 22.2 Å². The summed E-state index contributed by atoms with van der Waals surface area (Å²) in [5.41, 5.74) is 8.28. The molecule has 4 heterocycles. The maximum atomic E-state index is 6.09. The maximum absolute atomic E-state index is 6.09. The van der Waals surface area contributed by atoms with E-state index < -0.39 is 0 Å². The number of ether oxygens (including phenoxy) is 2. The summed E-state index contributed by atoms with van der Waals surface area (Å²) in [7, 11) is 1.61. The van der Waals surface area contributed by atoms with E-state index in [0.29, 0.717) is 36.1 Å². The van der Waals surface area contributed by atoms with Gasteiger partial charge in [0, 0.05) is 31.2 Å². The van der Waals surface area contributed by atoms with Crippen LogP contribution in [0.1, 0.15) is 20.8 Å². The van der Waals surface area contributed by atoms with E-state index >= 15 is 0 Å². The second-order valence-electron chi connectivity index (χ2n) is 8.73. The number of fused-ring (bicyclic) bond motifs is 1. The van der Waals surface area contributed by atoms with Crippen LogP contribution in [0.3, 0.4) is 0 Å². The number of methoxy groups -OCH3 is 1. The van der Waals surface area contributed by atoms with Gasteiger partial charge >= 0.3 is 0 Å². The number of nitrogens with one attached hydrogen (secondary N) is 1. The van der Waals surface area contributed by atoms with Crippen molar-refractivity contribution in [3.05, 3.63) is 24.4 Å². The summed E-state index contributed by atoms with van der Waals surface area (Å²) in [6.07, 6.45) is 1.75. The van der Waals surface area contributed by atoms with E-state index in [2.05, 4.69) is 45.9 Å². The van der Waals surface area contributed by atoms with Crippen molar-refractivity contribution in [3.8, 4) is 17.1 Å². The van der Waals surface area contributed by atoms with Crippen LogP contribution in [-0.4, -0.2) is 59.9 Å². The lowest BCUT2D eigenvalue weighted by Crippen LogP contribution is -2.36. The number of nitrogens with two attached hydrogens (primary N) is 1. The van der Waals surface area contributed by atoms with Crippen molar-refractivity contribution in [2.24, 2.45) is 5.41 Å². The molecule has 0 aliphatic carbocycles. The Morgan fingerprint density at radius 3 is 2.61 bits per heavy atom. The molecule has 0 aromatic carbocycles. The summed E-state index contributed by atoms with van der Waals surface area (Å²) in [6.45, 7) is 10.2. The minimum atomic E-state index is 0.0910. The average Bonchev–Trinajstić information content (AvgIpc) is 2.77. The second-order valence-corrected chi connectivity index (χ2v) is 8.73. The molecule has 9 nitrogen and oxygen atoms in total. The summed E-state index contributed by atoms with van der Waals surface area (Å²) in [6, 6.07) is 5.84. The van der Waals surface area contributed by atoms with Crippen molar-refractivity contribution in [1.82, 2.24) is 19.9 Å². The largest absolute Gasteiger partial charge is 0.480 e. The molecule has 0 unspecified atom stereocenters. The first-order chi connectivity index (χ1) is 14.9. The lowest BCUT2D eigenvalue weighted by atomic mass is 9.97. The number of nitrogens with zero attached hydrogens (tertiary/aromatic N) is 5. The molecular weight excluding hydrogens is 394 g/mol. The molecule has 0 radical (unpaired) electrons. The van der Waals surface area contributed by atoms with Crippen LogP contribution in [0.15, 0.2) is 24.4 Å². The van der Waals surface area contributed by atoms with Crippen LogP contribution in [0.2, 0.25) is 0 Å². The van der Waals surface area contributed by atoms with Crippen LogP contribution >= 0.6 is 0 Å². The Kier molecular flexibility index (Phi) is 5.77. The molecule has 1 fully saturated rings. The molecule has 0 spiro atoms. The molecule has 1 aliphatic heterocycles. The first-order valence-corrected chi connectivity index (χ1v) is 10.4. The van der Waals surface area contributed by atoms with Crippen molar-refractivity contribution in [2.45, 2.75) is 20.8 Å². The van der Waals surface area contributed by atoms with Crippen molar-refractivity contribution in [2.75, 3.05) is 55.9 Å². The third kappa shape index (κ3) is 4.61. The first kappa shape index (κ1) is 21.0. The molecule has 3 aromatic rings. The molecule has 0 amide bonds. The van der Waals surface area contributed by atoms with Gasteiger partial charge < -0.3 is 25.4 Å². The first-order valence-electron chi connectivity index (χ1n) is 10.4. The molecular formula is C22H29N7O2. The number of pyridine rings is 2. The zero-order valence-corrected chi connectivity index (χ0v) is 18.5. The van der Waals surface area contributed by atoms with Gasteiger partial charge in [-0.15, -0.1) is 0 Å².